The molecular formula is C12H12O3. The van der Waals surface area contributed by atoms with Crippen molar-refractivity contribution in [3.63, 3.8) is 0 Å². The van der Waals surface area contributed by atoms with Crippen LogP contribution >= 0.6 is 0 Å². The average Bonchev–Trinajstić information content (AvgIpc) is 2.66. The number of cyclic esters (lactones) is 1. The van der Waals surface area contributed by atoms with Crippen LogP contribution in [0.2, 0.25) is 0 Å². The summed E-state index contributed by atoms with van der Waals surface area (Å²) in [5.41, 5.74) is 1.82. The van der Waals surface area contributed by atoms with Gasteiger partial charge in [-0.2, -0.15) is 0 Å². The number of hydrogen-bond acceptors (Lipinski definition) is 3. The van der Waals surface area contributed by atoms with E-state index in [4.69, 9.17) is 9.47 Å². The molecule has 0 bridgehead atoms. The Kier molecular flexibility index (Phi) is 2.72. The van der Waals surface area contributed by atoms with Crippen molar-refractivity contribution in [1.82, 2.24) is 0 Å². The molecular weight excluding hydrogens is 192 g/mol. The van der Waals surface area contributed by atoms with E-state index in [1.54, 1.807) is 7.11 Å². The minimum absolute atomic E-state index is 0.203. The smallest absolute Gasteiger partial charge is 0.334 e. The van der Waals surface area contributed by atoms with Crippen molar-refractivity contribution < 1.29 is 14.3 Å². The molecule has 78 valence electrons. The third-order valence-corrected chi connectivity index (χ3v) is 2.36. The monoisotopic (exact) mass is 204 g/mol. The molecule has 1 heterocycles. The molecule has 1 aliphatic heterocycles. The molecule has 0 saturated heterocycles. The summed E-state index contributed by atoms with van der Waals surface area (Å²) in [6.07, 6.45) is 2.45. The molecule has 1 aromatic rings. The van der Waals surface area contributed by atoms with E-state index in [-0.39, 0.29) is 5.97 Å². The first-order valence-electron chi connectivity index (χ1n) is 4.78. The van der Waals surface area contributed by atoms with E-state index in [0.717, 1.165) is 16.9 Å². The largest absolute Gasteiger partial charge is 0.497 e. The Morgan fingerprint density at radius 2 is 2.07 bits per heavy atom. The van der Waals surface area contributed by atoms with Crippen molar-refractivity contribution in [2.24, 2.45) is 0 Å². The van der Waals surface area contributed by atoms with Gasteiger partial charge in [-0.15, -0.1) is 0 Å². The van der Waals surface area contributed by atoms with Crippen molar-refractivity contribution in [2.45, 2.75) is 6.42 Å². The summed E-state index contributed by atoms with van der Waals surface area (Å²) < 4.78 is 9.88. The average molecular weight is 204 g/mol. The second-order valence-corrected chi connectivity index (χ2v) is 3.35. The Hall–Kier alpha value is -1.77. The number of methoxy groups -OCH3 is 1. The first-order valence-corrected chi connectivity index (χ1v) is 4.78. The highest BCUT2D eigenvalue weighted by Crippen LogP contribution is 2.17. The van der Waals surface area contributed by atoms with E-state index in [0.29, 0.717) is 13.0 Å². The maximum Gasteiger partial charge on any atom is 0.334 e. The molecule has 0 fully saturated rings. The summed E-state index contributed by atoms with van der Waals surface area (Å²) in [5.74, 6) is 0.618. The molecule has 0 amide bonds. The molecule has 3 nitrogen and oxygen atoms in total. The lowest BCUT2D eigenvalue weighted by Crippen LogP contribution is -2.01. The molecule has 0 aliphatic carbocycles. The van der Waals surface area contributed by atoms with Crippen LogP contribution in [-0.2, 0) is 16.0 Å². The van der Waals surface area contributed by atoms with Crippen molar-refractivity contribution in [1.29, 1.82) is 0 Å². The molecule has 0 saturated carbocycles. The molecule has 1 aromatic carbocycles. The predicted molar refractivity (Wildman–Crippen MR) is 55.7 cm³/mol. The van der Waals surface area contributed by atoms with Gasteiger partial charge in [-0.3, -0.25) is 0 Å². The molecule has 0 radical (unpaired) electrons. The fourth-order valence-corrected chi connectivity index (χ4v) is 1.50. The summed E-state index contributed by atoms with van der Waals surface area (Å²) in [6, 6.07) is 7.67. The highest BCUT2D eigenvalue weighted by Gasteiger charge is 2.16. The van der Waals surface area contributed by atoms with Crippen LogP contribution < -0.4 is 4.74 Å². The maximum absolute atomic E-state index is 11.2. The quantitative estimate of drug-likeness (QED) is 0.703. The fraction of sp³-hybridized carbons (Fsp3) is 0.250. The van der Waals surface area contributed by atoms with Gasteiger partial charge in [0.2, 0.25) is 0 Å². The Balaban J connectivity index is 2.08. The van der Waals surface area contributed by atoms with Crippen LogP contribution in [0.5, 0.6) is 5.75 Å². The number of ether oxygens (including phenoxy) is 2. The summed E-state index contributed by atoms with van der Waals surface area (Å²) in [6.45, 7) is 0.407. The third-order valence-electron chi connectivity index (χ3n) is 2.36. The number of rotatable bonds is 3. The lowest BCUT2D eigenvalue weighted by Gasteiger charge is -2.02. The van der Waals surface area contributed by atoms with E-state index in [1.165, 1.54) is 0 Å². The van der Waals surface area contributed by atoms with E-state index in [1.807, 2.05) is 30.3 Å². The Morgan fingerprint density at radius 1 is 1.33 bits per heavy atom. The van der Waals surface area contributed by atoms with Crippen LogP contribution in [0.25, 0.3) is 0 Å². The SMILES string of the molecule is COc1ccc(CC2=CCOC2=O)cc1. The molecule has 0 unspecified atom stereocenters. The Labute approximate surface area is 88.3 Å². The van der Waals surface area contributed by atoms with Crippen molar-refractivity contribution in [3.8, 4) is 5.75 Å². The Bertz CT molecular complexity index is 390. The van der Waals surface area contributed by atoms with Crippen molar-refractivity contribution >= 4 is 5.97 Å². The summed E-state index contributed by atoms with van der Waals surface area (Å²) in [4.78, 5) is 11.2. The third kappa shape index (κ3) is 2.18. The topological polar surface area (TPSA) is 35.5 Å². The van der Waals surface area contributed by atoms with Crippen LogP contribution in [-0.4, -0.2) is 19.7 Å². The number of hydrogen-bond donors (Lipinski definition) is 0. The maximum atomic E-state index is 11.2. The van der Waals surface area contributed by atoms with Crippen LogP contribution in [0.3, 0.4) is 0 Å². The highest BCUT2D eigenvalue weighted by molar-refractivity contribution is 5.90. The van der Waals surface area contributed by atoms with Crippen LogP contribution in [0.15, 0.2) is 35.9 Å². The molecule has 15 heavy (non-hydrogen) atoms. The van der Waals surface area contributed by atoms with Gasteiger partial charge in [-0.1, -0.05) is 12.1 Å². The Morgan fingerprint density at radius 3 is 2.60 bits per heavy atom. The first-order chi connectivity index (χ1) is 7.29. The van der Waals surface area contributed by atoms with Crippen molar-refractivity contribution in [2.75, 3.05) is 13.7 Å². The number of esters is 1. The van der Waals surface area contributed by atoms with Gasteiger partial charge in [0.1, 0.15) is 12.4 Å². The van der Waals surface area contributed by atoms with Gasteiger partial charge in [0, 0.05) is 12.0 Å². The zero-order chi connectivity index (χ0) is 10.7. The summed E-state index contributed by atoms with van der Waals surface area (Å²) in [7, 11) is 1.63. The van der Waals surface area contributed by atoms with Gasteiger partial charge >= 0.3 is 5.97 Å². The molecule has 0 atom stereocenters. The predicted octanol–water partition coefficient (Wildman–Crippen LogP) is 1.72. The zero-order valence-electron chi connectivity index (χ0n) is 8.53. The summed E-state index contributed by atoms with van der Waals surface area (Å²) >= 11 is 0. The lowest BCUT2D eigenvalue weighted by molar-refractivity contribution is -0.136. The van der Waals surface area contributed by atoms with Crippen LogP contribution in [0.1, 0.15) is 5.56 Å². The van der Waals surface area contributed by atoms with Gasteiger partial charge < -0.3 is 9.47 Å². The second kappa shape index (κ2) is 4.17. The second-order valence-electron chi connectivity index (χ2n) is 3.35. The number of carbonyl (C=O) groups excluding carboxylic acids is 1. The lowest BCUT2D eigenvalue weighted by atomic mass is 10.1. The van der Waals surface area contributed by atoms with Gasteiger partial charge in [-0.25, -0.2) is 4.79 Å². The molecule has 3 heteroatoms. The van der Waals surface area contributed by atoms with E-state index < -0.39 is 0 Å². The molecule has 0 N–H and O–H groups in total. The highest BCUT2D eigenvalue weighted by atomic mass is 16.5. The summed E-state index contributed by atoms with van der Waals surface area (Å²) in [5, 5.41) is 0. The van der Waals surface area contributed by atoms with Gasteiger partial charge in [-0.05, 0) is 23.8 Å². The van der Waals surface area contributed by atoms with Crippen LogP contribution in [0, 0.1) is 0 Å². The standard InChI is InChI=1S/C12H12O3/c1-14-11-4-2-9(3-5-11)8-10-6-7-15-12(10)13/h2-6H,7-8H2,1H3. The van der Waals surface area contributed by atoms with Gasteiger partial charge in [0.15, 0.2) is 0 Å². The molecule has 0 aromatic heterocycles. The first kappa shape index (κ1) is 9.77. The zero-order valence-corrected chi connectivity index (χ0v) is 8.53. The van der Waals surface area contributed by atoms with Gasteiger partial charge in [0.25, 0.3) is 0 Å². The van der Waals surface area contributed by atoms with E-state index in [9.17, 15) is 4.79 Å². The number of benzene rings is 1. The normalized spacial score (nSPS) is 14.7. The van der Waals surface area contributed by atoms with Crippen molar-refractivity contribution in [3.05, 3.63) is 41.5 Å². The molecule has 1 aliphatic rings. The fourth-order valence-electron chi connectivity index (χ4n) is 1.50. The minimum atomic E-state index is -0.203. The number of carbonyl (C=O) groups is 1. The molecule has 2 rings (SSSR count). The minimum Gasteiger partial charge on any atom is -0.497 e. The molecule has 0 spiro atoms. The van der Waals surface area contributed by atoms with E-state index >= 15 is 0 Å². The van der Waals surface area contributed by atoms with Crippen LogP contribution in [0.4, 0.5) is 0 Å². The van der Waals surface area contributed by atoms with E-state index in [2.05, 4.69) is 0 Å². The van der Waals surface area contributed by atoms with Gasteiger partial charge in [0.05, 0.1) is 7.11 Å².